The van der Waals surface area contributed by atoms with E-state index >= 15 is 0 Å². The first-order chi connectivity index (χ1) is 12.6. The molecule has 0 aromatic carbocycles. The van der Waals surface area contributed by atoms with Crippen LogP contribution in [0.15, 0.2) is 12.2 Å². The number of unbranched alkanes of at least 4 members (excludes halogenated alkanes) is 10. The van der Waals surface area contributed by atoms with Gasteiger partial charge >= 0.3 is 0 Å². The van der Waals surface area contributed by atoms with Gasteiger partial charge in [0.25, 0.3) is 0 Å². The summed E-state index contributed by atoms with van der Waals surface area (Å²) in [6.45, 7) is 6.29. The maximum Gasteiger partial charge on any atom is 0.138 e. The van der Waals surface area contributed by atoms with Crippen molar-refractivity contribution < 1.29 is 14.6 Å². The summed E-state index contributed by atoms with van der Waals surface area (Å²) < 4.78 is 0. The van der Waals surface area contributed by atoms with Gasteiger partial charge in [0.1, 0.15) is 17.5 Å². The molecule has 4 atom stereocenters. The monoisotopic (exact) mass is 364 g/mol. The molecular weight excluding hydrogens is 324 g/mol. The van der Waals surface area contributed by atoms with E-state index in [9.17, 15) is 4.79 Å². The van der Waals surface area contributed by atoms with Crippen LogP contribution in [0.25, 0.3) is 0 Å². The van der Waals surface area contributed by atoms with E-state index in [0.29, 0.717) is 12.2 Å². The minimum Gasteiger partial charge on any atom is -0.299 e. The normalized spacial score (nSPS) is 31.7. The van der Waals surface area contributed by atoms with E-state index in [1.165, 1.54) is 64.2 Å². The van der Waals surface area contributed by atoms with E-state index in [2.05, 4.69) is 26.0 Å². The highest BCUT2D eigenvalue weighted by Crippen LogP contribution is 2.42. The smallest absolute Gasteiger partial charge is 0.138 e. The SMILES string of the molecule is CCCCCCCCCCCCC=C[C@]1(C)OO[C@@H]2C[C@H]1CC(=O)[C@@H]2C. The molecule has 1 saturated carbocycles. The van der Waals surface area contributed by atoms with Crippen molar-refractivity contribution in [2.75, 3.05) is 0 Å². The van der Waals surface area contributed by atoms with Gasteiger partial charge in [-0.25, -0.2) is 9.78 Å². The summed E-state index contributed by atoms with van der Waals surface area (Å²) in [5.41, 5.74) is -0.440. The van der Waals surface area contributed by atoms with Crippen LogP contribution in [-0.4, -0.2) is 17.5 Å². The van der Waals surface area contributed by atoms with Crippen LogP contribution >= 0.6 is 0 Å². The van der Waals surface area contributed by atoms with Crippen LogP contribution in [0.2, 0.25) is 0 Å². The lowest BCUT2D eigenvalue weighted by atomic mass is 9.71. The summed E-state index contributed by atoms with van der Waals surface area (Å²) in [7, 11) is 0. The molecule has 2 fully saturated rings. The van der Waals surface area contributed by atoms with Crippen LogP contribution < -0.4 is 0 Å². The highest BCUT2D eigenvalue weighted by atomic mass is 17.2. The molecule has 2 bridgehead atoms. The molecule has 150 valence electrons. The highest BCUT2D eigenvalue weighted by molar-refractivity contribution is 5.82. The van der Waals surface area contributed by atoms with Crippen molar-refractivity contribution in [2.24, 2.45) is 11.8 Å². The summed E-state index contributed by atoms with van der Waals surface area (Å²) in [4.78, 5) is 23.4. The van der Waals surface area contributed by atoms with Gasteiger partial charge in [-0.05, 0) is 26.2 Å². The Kier molecular flexibility index (Phi) is 9.35. The molecule has 0 aromatic heterocycles. The predicted molar refractivity (Wildman–Crippen MR) is 107 cm³/mol. The Morgan fingerprint density at radius 3 is 2.31 bits per heavy atom. The standard InChI is InChI=1S/C23H40O3/c1-4-5-6-7-8-9-10-11-12-13-14-15-16-23(3)20-17-21(24)19(2)22(18-20)25-26-23/h15-16,19-20,22H,4-14,17-18H2,1-3H3/t19-,20+,22+,23-/m0/s1. The molecule has 1 heterocycles. The van der Waals surface area contributed by atoms with Crippen molar-refractivity contribution in [3.8, 4) is 0 Å². The average molecular weight is 365 g/mol. The molecule has 3 heteroatoms. The molecule has 2 rings (SSSR count). The van der Waals surface area contributed by atoms with Crippen LogP contribution in [0.3, 0.4) is 0 Å². The third kappa shape index (κ3) is 6.49. The fourth-order valence-electron chi connectivity index (χ4n) is 4.23. The Labute approximate surface area is 160 Å². The second-order valence-corrected chi connectivity index (χ2v) is 8.67. The summed E-state index contributed by atoms with van der Waals surface area (Å²) >= 11 is 0. The summed E-state index contributed by atoms with van der Waals surface area (Å²) in [5, 5.41) is 0. The molecule has 26 heavy (non-hydrogen) atoms. The Balaban J connectivity index is 1.55. The van der Waals surface area contributed by atoms with Gasteiger partial charge in [-0.1, -0.05) is 83.8 Å². The predicted octanol–water partition coefficient (Wildman–Crippen LogP) is 6.56. The molecule has 0 unspecified atom stereocenters. The van der Waals surface area contributed by atoms with E-state index in [1.807, 2.05) is 6.92 Å². The van der Waals surface area contributed by atoms with E-state index in [-0.39, 0.29) is 17.9 Å². The van der Waals surface area contributed by atoms with Crippen molar-refractivity contribution in [1.29, 1.82) is 0 Å². The van der Waals surface area contributed by atoms with Crippen LogP contribution in [0.5, 0.6) is 0 Å². The lowest BCUT2D eigenvalue weighted by Gasteiger charge is -2.45. The summed E-state index contributed by atoms with van der Waals surface area (Å²) in [6.07, 6.45) is 20.7. The minimum absolute atomic E-state index is 0.0218. The highest BCUT2D eigenvalue weighted by Gasteiger charge is 2.48. The molecule has 0 aromatic rings. The maximum atomic E-state index is 12.1. The van der Waals surface area contributed by atoms with Gasteiger partial charge in [-0.3, -0.25) is 4.79 Å². The number of rotatable bonds is 12. The van der Waals surface area contributed by atoms with Crippen molar-refractivity contribution in [3.05, 3.63) is 12.2 Å². The number of fused-ring (bicyclic) bond motifs is 2. The lowest BCUT2D eigenvalue weighted by molar-refractivity contribution is -0.415. The van der Waals surface area contributed by atoms with Crippen LogP contribution in [-0.2, 0) is 14.6 Å². The fourth-order valence-corrected chi connectivity index (χ4v) is 4.23. The van der Waals surface area contributed by atoms with Gasteiger partial charge in [0.2, 0.25) is 0 Å². The van der Waals surface area contributed by atoms with Crippen LogP contribution in [0.4, 0.5) is 0 Å². The Morgan fingerprint density at radius 2 is 1.65 bits per heavy atom. The second kappa shape index (κ2) is 11.2. The second-order valence-electron chi connectivity index (χ2n) is 8.67. The summed E-state index contributed by atoms with van der Waals surface area (Å²) in [6, 6.07) is 0. The Morgan fingerprint density at radius 1 is 1.04 bits per heavy atom. The third-order valence-corrected chi connectivity index (χ3v) is 6.36. The molecule has 2 aliphatic rings. The zero-order valence-electron chi connectivity index (χ0n) is 17.3. The van der Waals surface area contributed by atoms with Crippen LogP contribution in [0.1, 0.15) is 104 Å². The maximum absolute atomic E-state index is 12.1. The van der Waals surface area contributed by atoms with Crippen molar-refractivity contribution in [1.82, 2.24) is 0 Å². The van der Waals surface area contributed by atoms with Crippen LogP contribution in [0, 0.1) is 11.8 Å². The number of carbonyl (C=O) groups excluding carboxylic acids is 1. The molecule has 0 spiro atoms. The van der Waals surface area contributed by atoms with Gasteiger partial charge in [0.15, 0.2) is 0 Å². The van der Waals surface area contributed by atoms with Crippen molar-refractivity contribution in [3.63, 3.8) is 0 Å². The number of hydrogen-bond donors (Lipinski definition) is 0. The molecule has 0 radical (unpaired) electrons. The van der Waals surface area contributed by atoms with Crippen molar-refractivity contribution in [2.45, 2.75) is 116 Å². The number of hydrogen-bond acceptors (Lipinski definition) is 3. The van der Waals surface area contributed by atoms with Gasteiger partial charge in [0.05, 0.1) is 0 Å². The first-order valence-electron chi connectivity index (χ1n) is 11.1. The zero-order chi connectivity index (χ0) is 18.8. The largest absolute Gasteiger partial charge is 0.299 e. The van der Waals surface area contributed by atoms with Gasteiger partial charge in [0, 0.05) is 18.3 Å². The van der Waals surface area contributed by atoms with Gasteiger partial charge < -0.3 is 0 Å². The molecule has 1 saturated heterocycles. The fraction of sp³-hybridized carbons (Fsp3) is 0.870. The molecule has 0 N–H and O–H groups in total. The van der Waals surface area contributed by atoms with E-state index in [1.54, 1.807) is 0 Å². The molecule has 1 aliphatic carbocycles. The van der Waals surface area contributed by atoms with E-state index < -0.39 is 5.60 Å². The van der Waals surface area contributed by atoms with E-state index in [4.69, 9.17) is 9.78 Å². The Bertz CT molecular complexity index is 445. The van der Waals surface area contributed by atoms with Crippen molar-refractivity contribution >= 4 is 5.78 Å². The average Bonchev–Trinajstić information content (AvgIpc) is 2.63. The molecule has 0 amide bonds. The van der Waals surface area contributed by atoms with Gasteiger partial charge in [-0.15, -0.1) is 0 Å². The Hall–Kier alpha value is -0.670. The zero-order valence-corrected chi connectivity index (χ0v) is 17.3. The quantitative estimate of drug-likeness (QED) is 0.223. The number of carbonyl (C=O) groups is 1. The molecular formula is C23H40O3. The summed E-state index contributed by atoms with van der Waals surface area (Å²) in [5.74, 6) is 0.559. The minimum atomic E-state index is -0.440. The number of ketones is 1. The van der Waals surface area contributed by atoms with Gasteiger partial charge in [-0.2, -0.15) is 0 Å². The number of allylic oxidation sites excluding steroid dienone is 1. The first-order valence-corrected chi connectivity index (χ1v) is 11.1. The molecule has 3 nitrogen and oxygen atoms in total. The number of Topliss-reactive ketones (excluding diaryl/α,β-unsaturated/α-hetero) is 1. The molecule has 1 aliphatic heterocycles. The first kappa shape index (κ1) is 21.6. The lowest BCUT2D eigenvalue weighted by Crippen LogP contribution is -2.52. The van der Waals surface area contributed by atoms with E-state index in [0.717, 1.165) is 12.8 Å². The third-order valence-electron chi connectivity index (χ3n) is 6.36. The topological polar surface area (TPSA) is 35.5 Å².